The molecule has 0 aliphatic carbocycles. The van der Waals surface area contributed by atoms with Gasteiger partial charge in [-0.3, -0.25) is 4.79 Å². The average Bonchev–Trinajstić information content (AvgIpc) is 3.31. The first-order valence-corrected chi connectivity index (χ1v) is 15.2. The number of hydrazone groups is 1. The number of hydrogen-bond donors (Lipinski definition) is 2. The third-order valence-electron chi connectivity index (χ3n) is 6.14. The van der Waals surface area contributed by atoms with Gasteiger partial charge in [0.15, 0.2) is 24.0 Å². The number of rotatable bonds is 18. The molecule has 0 aliphatic rings. The maximum atomic E-state index is 11.8. The van der Waals surface area contributed by atoms with Gasteiger partial charge in [0.1, 0.15) is 24.7 Å². The number of nitrogens with zero attached hydrogens (tertiary/aromatic N) is 5. The van der Waals surface area contributed by atoms with Crippen LogP contribution < -0.4 is 11.6 Å². The number of thioether (sulfide) groups is 1. The minimum Gasteiger partial charge on any atom is -0.433 e. The van der Waals surface area contributed by atoms with E-state index in [0.717, 1.165) is 53.2 Å². The number of nitrogens with two attached hydrogens (primary N) is 2. The predicted molar refractivity (Wildman–Crippen MR) is 167 cm³/mol. The zero-order chi connectivity index (χ0) is 31.9. The van der Waals surface area contributed by atoms with E-state index in [9.17, 15) is 19.7 Å². The van der Waals surface area contributed by atoms with Crippen LogP contribution >= 0.6 is 23.4 Å². The number of unbranched alkanes of at least 4 members (excludes halogenated alkanes) is 1. The monoisotopic (exact) mass is 647 g/mol. The minimum absolute atomic E-state index is 0.0401. The highest BCUT2D eigenvalue weighted by atomic mass is 35.5. The van der Waals surface area contributed by atoms with Gasteiger partial charge < -0.3 is 24.6 Å². The number of aryl methyl sites for hydroxylation is 1. The molecule has 0 amide bonds. The number of aldehydes is 1. The van der Waals surface area contributed by atoms with Crippen LogP contribution in [0.2, 0.25) is 5.15 Å². The van der Waals surface area contributed by atoms with E-state index in [1.165, 1.54) is 11.8 Å². The van der Waals surface area contributed by atoms with Gasteiger partial charge in [0.05, 0.1) is 0 Å². The molecule has 0 saturated carbocycles. The van der Waals surface area contributed by atoms with Gasteiger partial charge in [0, 0.05) is 30.0 Å². The van der Waals surface area contributed by atoms with Crippen molar-refractivity contribution < 1.29 is 29.0 Å². The van der Waals surface area contributed by atoms with Crippen molar-refractivity contribution in [3.8, 4) is 11.1 Å². The predicted octanol–water partition coefficient (Wildman–Crippen LogP) is 4.26. The van der Waals surface area contributed by atoms with Crippen LogP contribution in [0.25, 0.3) is 11.1 Å². The maximum absolute atomic E-state index is 11.8. The zero-order valence-corrected chi connectivity index (χ0v) is 25.7. The summed E-state index contributed by atoms with van der Waals surface area (Å²) >= 11 is 7.53. The molecule has 0 aliphatic heterocycles. The Morgan fingerprint density at radius 3 is 2.61 bits per heavy atom. The Hall–Kier alpha value is -4.34. The number of hydrazine groups is 1. The first-order chi connectivity index (χ1) is 21.2. The average molecular weight is 648 g/mol. The normalized spacial score (nSPS) is 11.2. The lowest BCUT2D eigenvalue weighted by Crippen LogP contribution is -2.33. The van der Waals surface area contributed by atoms with Crippen molar-refractivity contribution in [3.05, 3.63) is 86.4 Å². The standard InChI is InChI=1S/C28H34ClN7O7S/c1-2-3-8-25-32-26(29)24(18-37)34(25)17-20-9-11-21(12-10-20)22-6-4-5-7-23(22)27(30)33-35(31)19-42-28(38)41-13-15-44-16-14-43-36(39)40/h4-7,9-12,18H,2-3,8,13-17,19,31H2,1H3,(H2,30,33). The summed E-state index contributed by atoms with van der Waals surface area (Å²) in [6.07, 6.45) is 2.44. The van der Waals surface area contributed by atoms with Crippen LogP contribution in [0, 0.1) is 10.1 Å². The van der Waals surface area contributed by atoms with Gasteiger partial charge in [0.25, 0.3) is 5.09 Å². The topological polar surface area (TPSA) is 190 Å². The van der Waals surface area contributed by atoms with Crippen LogP contribution in [0.4, 0.5) is 4.79 Å². The number of amidine groups is 1. The van der Waals surface area contributed by atoms with Gasteiger partial charge in [-0.05, 0) is 23.1 Å². The summed E-state index contributed by atoms with van der Waals surface area (Å²) in [7, 11) is 0. The summed E-state index contributed by atoms with van der Waals surface area (Å²) < 4.78 is 11.7. The molecule has 2 aromatic carbocycles. The highest BCUT2D eigenvalue weighted by Gasteiger charge is 2.16. The molecule has 0 fully saturated rings. The Bertz CT molecular complexity index is 1440. The molecule has 0 spiro atoms. The van der Waals surface area contributed by atoms with Gasteiger partial charge in [-0.2, -0.15) is 16.9 Å². The smallest absolute Gasteiger partial charge is 0.433 e. The molecular weight excluding hydrogens is 614 g/mol. The third-order valence-corrected chi connectivity index (χ3v) is 7.33. The Balaban J connectivity index is 1.59. The molecule has 0 atom stereocenters. The van der Waals surface area contributed by atoms with Crippen molar-refractivity contribution >= 4 is 41.6 Å². The van der Waals surface area contributed by atoms with E-state index in [1.807, 2.05) is 47.0 Å². The largest absolute Gasteiger partial charge is 0.510 e. The van der Waals surface area contributed by atoms with E-state index >= 15 is 0 Å². The second kappa shape index (κ2) is 17.7. The molecule has 3 rings (SSSR count). The maximum Gasteiger partial charge on any atom is 0.510 e. The third kappa shape index (κ3) is 10.4. The lowest BCUT2D eigenvalue weighted by molar-refractivity contribution is -0.756. The molecule has 0 bridgehead atoms. The molecular formula is C28H34ClN7O7S. The number of carbonyl (C=O) groups excluding carboxylic acids is 2. The number of hydrogen-bond acceptors (Lipinski definition) is 12. The van der Waals surface area contributed by atoms with Crippen molar-refractivity contribution in [1.29, 1.82) is 0 Å². The Morgan fingerprint density at radius 2 is 1.91 bits per heavy atom. The van der Waals surface area contributed by atoms with Gasteiger partial charge in [0.2, 0.25) is 0 Å². The number of ether oxygens (including phenoxy) is 2. The molecule has 4 N–H and O–H groups in total. The minimum atomic E-state index is -0.951. The molecule has 236 valence electrons. The first-order valence-electron chi connectivity index (χ1n) is 13.6. The first kappa shape index (κ1) is 34.2. The number of aromatic nitrogens is 2. The fourth-order valence-electron chi connectivity index (χ4n) is 4.06. The van der Waals surface area contributed by atoms with E-state index in [-0.39, 0.29) is 24.2 Å². The Morgan fingerprint density at radius 1 is 1.18 bits per heavy atom. The summed E-state index contributed by atoms with van der Waals surface area (Å²) in [4.78, 5) is 42.2. The molecule has 14 nitrogen and oxygen atoms in total. The summed E-state index contributed by atoms with van der Waals surface area (Å²) in [6.45, 7) is 2.11. The van der Waals surface area contributed by atoms with E-state index in [0.29, 0.717) is 29.3 Å². The zero-order valence-electron chi connectivity index (χ0n) is 24.1. The second-order valence-corrected chi connectivity index (χ2v) is 10.8. The van der Waals surface area contributed by atoms with Crippen LogP contribution in [0.15, 0.2) is 53.6 Å². The Kier molecular flexibility index (Phi) is 13.7. The van der Waals surface area contributed by atoms with Gasteiger partial charge in [-0.1, -0.05) is 73.5 Å². The van der Waals surface area contributed by atoms with Gasteiger partial charge in [-0.15, -0.1) is 15.2 Å². The fourth-order valence-corrected chi connectivity index (χ4v) is 4.91. The number of carbonyl (C=O) groups is 2. The quantitative estimate of drug-likeness (QED) is 0.0230. The van der Waals surface area contributed by atoms with Crippen LogP contribution in [-0.4, -0.2) is 69.5 Å². The van der Waals surface area contributed by atoms with Crippen LogP contribution in [0.1, 0.15) is 47.2 Å². The van der Waals surface area contributed by atoms with Crippen LogP contribution in [-0.2, 0) is 27.3 Å². The van der Waals surface area contributed by atoms with Crippen molar-refractivity contribution in [2.75, 3.05) is 31.5 Å². The molecule has 0 unspecified atom stereocenters. The number of halogens is 1. The second-order valence-electron chi connectivity index (χ2n) is 9.22. The van der Waals surface area contributed by atoms with Crippen LogP contribution in [0.5, 0.6) is 0 Å². The summed E-state index contributed by atoms with van der Waals surface area (Å²) in [5.74, 6) is 7.52. The van der Waals surface area contributed by atoms with Crippen molar-refractivity contribution in [3.63, 3.8) is 0 Å². The molecule has 0 saturated heterocycles. The SMILES string of the molecule is CCCCc1nc(Cl)c(C=O)n1Cc1ccc(-c2ccccc2/C(N)=N/N(N)COC(=O)OCCSCCO[N+](=O)[O-])cc1. The number of imidazole rings is 1. The van der Waals surface area contributed by atoms with E-state index in [2.05, 4.69) is 21.8 Å². The van der Waals surface area contributed by atoms with E-state index in [4.69, 9.17) is 32.7 Å². The van der Waals surface area contributed by atoms with Crippen molar-refractivity contribution in [2.45, 2.75) is 32.7 Å². The van der Waals surface area contributed by atoms with Crippen LogP contribution in [0.3, 0.4) is 0 Å². The summed E-state index contributed by atoms with van der Waals surface area (Å²) in [5, 5.41) is 14.4. The highest BCUT2D eigenvalue weighted by molar-refractivity contribution is 7.99. The molecule has 3 aromatic rings. The molecule has 0 radical (unpaired) electrons. The van der Waals surface area contributed by atoms with Crippen molar-refractivity contribution in [2.24, 2.45) is 16.7 Å². The van der Waals surface area contributed by atoms with Crippen molar-refractivity contribution in [1.82, 2.24) is 14.7 Å². The lowest BCUT2D eigenvalue weighted by Gasteiger charge is -2.15. The van der Waals surface area contributed by atoms with E-state index in [1.54, 1.807) is 6.07 Å². The molecule has 44 heavy (non-hydrogen) atoms. The summed E-state index contributed by atoms with van der Waals surface area (Å²) in [6, 6.07) is 15.2. The highest BCUT2D eigenvalue weighted by Crippen LogP contribution is 2.25. The molecule has 1 aromatic heterocycles. The number of benzene rings is 2. The fraction of sp³-hybridized carbons (Fsp3) is 0.357. The van der Waals surface area contributed by atoms with Gasteiger partial charge >= 0.3 is 6.16 Å². The van der Waals surface area contributed by atoms with E-state index < -0.39 is 18.0 Å². The lowest BCUT2D eigenvalue weighted by atomic mass is 9.98. The molecule has 16 heteroatoms. The van der Waals surface area contributed by atoms with Gasteiger partial charge in [-0.25, -0.2) is 15.6 Å². The molecule has 1 heterocycles. The summed E-state index contributed by atoms with van der Waals surface area (Å²) in [5.41, 5.74) is 9.88. The Labute approximate surface area is 263 Å².